The molecule has 0 amide bonds. The Kier molecular flexibility index (Phi) is 3.00. The Morgan fingerprint density at radius 3 is 3.07 bits per heavy atom. The first-order valence-electron chi connectivity index (χ1n) is 4.96. The molecule has 1 aliphatic heterocycles. The molecule has 2 heterocycles. The van der Waals surface area contributed by atoms with Crippen LogP contribution in [-0.4, -0.2) is 22.6 Å². The van der Waals surface area contributed by atoms with Crippen molar-refractivity contribution >= 4 is 16.9 Å². The molecule has 0 radical (unpaired) electrons. The van der Waals surface area contributed by atoms with Gasteiger partial charge in [-0.1, -0.05) is 30.8 Å². The molecule has 0 unspecified atom stereocenters. The molecule has 5 heteroatoms. The van der Waals surface area contributed by atoms with Crippen molar-refractivity contribution in [2.24, 2.45) is 10.4 Å². The third-order valence-electron chi connectivity index (χ3n) is 2.16. The molecular weight excluding hydrogens is 210 g/mol. The van der Waals surface area contributed by atoms with Crippen LogP contribution in [0.4, 0.5) is 0 Å². The Labute approximate surface area is 93.5 Å². The largest absolute Gasteiger partial charge is 0.360 e. The number of thioether (sulfide) groups is 1. The summed E-state index contributed by atoms with van der Waals surface area (Å²) in [5, 5.41) is 7.89. The molecule has 1 N–H and O–H groups in total. The minimum atomic E-state index is 0.322. The van der Waals surface area contributed by atoms with E-state index in [-0.39, 0.29) is 0 Å². The van der Waals surface area contributed by atoms with Gasteiger partial charge in [-0.2, -0.15) is 0 Å². The highest BCUT2D eigenvalue weighted by molar-refractivity contribution is 8.13. The van der Waals surface area contributed by atoms with Crippen LogP contribution in [0.1, 0.15) is 19.6 Å². The minimum absolute atomic E-state index is 0.322. The first-order chi connectivity index (χ1) is 7.16. The molecule has 0 aliphatic carbocycles. The number of hydrogen-bond donors (Lipinski definition) is 1. The average molecular weight is 225 g/mol. The van der Waals surface area contributed by atoms with E-state index in [0.717, 1.165) is 23.2 Å². The first kappa shape index (κ1) is 10.5. The van der Waals surface area contributed by atoms with Gasteiger partial charge in [0.25, 0.3) is 0 Å². The fourth-order valence-corrected chi connectivity index (χ4v) is 2.19. The van der Waals surface area contributed by atoms with Crippen LogP contribution < -0.4 is 5.32 Å². The highest BCUT2D eigenvalue weighted by atomic mass is 32.2. The van der Waals surface area contributed by atoms with E-state index < -0.39 is 0 Å². The zero-order valence-electron chi connectivity index (χ0n) is 8.99. The summed E-state index contributed by atoms with van der Waals surface area (Å²) in [6.45, 7) is 6.01. The number of hydrogen-bond acceptors (Lipinski definition) is 5. The lowest BCUT2D eigenvalue weighted by Gasteiger charge is -2.27. The van der Waals surface area contributed by atoms with Crippen molar-refractivity contribution in [1.82, 2.24) is 10.5 Å². The molecule has 1 aromatic heterocycles. The lowest BCUT2D eigenvalue weighted by Crippen LogP contribution is -2.30. The summed E-state index contributed by atoms with van der Waals surface area (Å²) in [4.78, 5) is 4.49. The van der Waals surface area contributed by atoms with Crippen molar-refractivity contribution in [1.29, 1.82) is 0 Å². The van der Waals surface area contributed by atoms with Gasteiger partial charge in [0.05, 0.1) is 12.7 Å². The van der Waals surface area contributed by atoms with Crippen molar-refractivity contribution in [3.63, 3.8) is 0 Å². The van der Waals surface area contributed by atoms with Gasteiger partial charge in [-0.25, -0.2) is 0 Å². The van der Waals surface area contributed by atoms with Crippen molar-refractivity contribution in [2.45, 2.75) is 20.4 Å². The minimum Gasteiger partial charge on any atom is -0.360 e. The van der Waals surface area contributed by atoms with Crippen molar-refractivity contribution in [3.05, 3.63) is 18.0 Å². The molecule has 0 saturated carbocycles. The van der Waals surface area contributed by atoms with Crippen molar-refractivity contribution in [2.75, 3.05) is 12.3 Å². The van der Waals surface area contributed by atoms with Crippen molar-refractivity contribution in [3.8, 4) is 0 Å². The maximum atomic E-state index is 4.99. The summed E-state index contributed by atoms with van der Waals surface area (Å²) in [5.41, 5.74) is 0.322. The van der Waals surface area contributed by atoms with Crippen molar-refractivity contribution < 1.29 is 4.52 Å². The monoisotopic (exact) mass is 225 g/mol. The molecule has 15 heavy (non-hydrogen) atoms. The van der Waals surface area contributed by atoms with E-state index in [1.165, 1.54) is 0 Å². The number of aromatic nitrogens is 1. The second-order valence-corrected chi connectivity index (χ2v) is 5.37. The van der Waals surface area contributed by atoms with Gasteiger partial charge >= 0.3 is 0 Å². The van der Waals surface area contributed by atoms with Gasteiger partial charge in [0.1, 0.15) is 0 Å². The van der Waals surface area contributed by atoms with Crippen LogP contribution in [0.3, 0.4) is 0 Å². The quantitative estimate of drug-likeness (QED) is 0.835. The maximum absolute atomic E-state index is 4.99. The molecule has 0 aromatic carbocycles. The number of amidine groups is 1. The van der Waals surface area contributed by atoms with Gasteiger partial charge in [0, 0.05) is 18.4 Å². The summed E-state index contributed by atoms with van der Waals surface area (Å²) >= 11 is 1.77. The Morgan fingerprint density at radius 2 is 2.47 bits per heavy atom. The number of nitrogens with zero attached hydrogens (tertiary/aromatic N) is 2. The topological polar surface area (TPSA) is 50.4 Å². The molecule has 0 saturated heterocycles. The number of rotatable bonds is 2. The lowest BCUT2D eigenvalue weighted by atomic mass is 9.97. The highest BCUT2D eigenvalue weighted by Crippen LogP contribution is 2.26. The maximum Gasteiger partial charge on any atom is 0.156 e. The van der Waals surface area contributed by atoms with Crippen LogP contribution in [0.25, 0.3) is 0 Å². The van der Waals surface area contributed by atoms with E-state index in [0.29, 0.717) is 12.0 Å². The predicted molar refractivity (Wildman–Crippen MR) is 61.9 cm³/mol. The first-order valence-corrected chi connectivity index (χ1v) is 5.95. The molecule has 0 atom stereocenters. The van der Waals surface area contributed by atoms with Crippen LogP contribution in [-0.2, 0) is 6.54 Å². The third-order valence-corrected chi connectivity index (χ3v) is 3.63. The molecule has 0 bridgehead atoms. The predicted octanol–water partition coefficient (Wildman–Crippen LogP) is 1.89. The molecule has 1 aliphatic rings. The summed E-state index contributed by atoms with van der Waals surface area (Å²) in [6.07, 6.45) is 1.65. The van der Waals surface area contributed by atoms with Gasteiger partial charge in [-0.3, -0.25) is 4.99 Å². The van der Waals surface area contributed by atoms with E-state index in [2.05, 4.69) is 29.3 Å². The molecular formula is C10H15N3OS. The van der Waals surface area contributed by atoms with Gasteiger partial charge < -0.3 is 9.84 Å². The average Bonchev–Trinajstić information content (AvgIpc) is 2.69. The van der Waals surface area contributed by atoms with Gasteiger partial charge in [-0.05, 0) is 5.41 Å². The van der Waals surface area contributed by atoms with Crippen LogP contribution in [0, 0.1) is 5.41 Å². The van der Waals surface area contributed by atoms with Crippen LogP contribution >= 0.6 is 11.8 Å². The Hall–Kier alpha value is -0.970. The fourth-order valence-electron chi connectivity index (χ4n) is 1.24. The standard InChI is InChI=1S/C10H15N3OS/c1-10(2)6-12-9(15-7-10)11-5-8-3-4-13-14-8/h3-4H,5-7H2,1-2H3,(H,11,12). The Bertz CT molecular complexity index is 346. The highest BCUT2D eigenvalue weighted by Gasteiger charge is 2.23. The smallest absolute Gasteiger partial charge is 0.156 e. The Morgan fingerprint density at radius 1 is 1.60 bits per heavy atom. The van der Waals surface area contributed by atoms with E-state index in [1.54, 1.807) is 18.0 Å². The van der Waals surface area contributed by atoms with E-state index in [9.17, 15) is 0 Å². The Balaban J connectivity index is 1.84. The normalized spacial score (nSPS) is 19.7. The lowest BCUT2D eigenvalue weighted by molar-refractivity contribution is 0.380. The summed E-state index contributed by atoms with van der Waals surface area (Å²) in [6, 6.07) is 1.85. The second kappa shape index (κ2) is 4.26. The fraction of sp³-hybridized carbons (Fsp3) is 0.600. The van der Waals surface area contributed by atoms with E-state index in [4.69, 9.17) is 4.52 Å². The molecule has 1 aromatic rings. The van der Waals surface area contributed by atoms with Crippen LogP contribution in [0.5, 0.6) is 0 Å². The van der Waals surface area contributed by atoms with E-state index >= 15 is 0 Å². The number of nitrogens with one attached hydrogen (secondary N) is 1. The molecule has 82 valence electrons. The number of aliphatic imine (C=N–C) groups is 1. The van der Waals surface area contributed by atoms with Gasteiger partial charge in [0.15, 0.2) is 10.9 Å². The summed E-state index contributed by atoms with van der Waals surface area (Å²) in [7, 11) is 0. The van der Waals surface area contributed by atoms with Gasteiger partial charge in [-0.15, -0.1) is 0 Å². The summed E-state index contributed by atoms with van der Waals surface area (Å²) < 4.78 is 4.99. The molecule has 4 nitrogen and oxygen atoms in total. The molecule has 2 rings (SSSR count). The molecule has 0 spiro atoms. The van der Waals surface area contributed by atoms with Gasteiger partial charge in [0.2, 0.25) is 0 Å². The van der Waals surface area contributed by atoms with Crippen LogP contribution in [0.2, 0.25) is 0 Å². The zero-order valence-corrected chi connectivity index (χ0v) is 9.80. The SMILES string of the molecule is CC1(C)CN=C(NCc2ccno2)SC1. The summed E-state index contributed by atoms with van der Waals surface area (Å²) in [5.74, 6) is 1.94. The molecule has 0 fully saturated rings. The van der Waals surface area contributed by atoms with Crippen LogP contribution in [0.15, 0.2) is 21.8 Å². The van der Waals surface area contributed by atoms with E-state index in [1.807, 2.05) is 6.07 Å². The second-order valence-electron chi connectivity index (χ2n) is 4.41. The third kappa shape index (κ3) is 2.99. The zero-order chi connectivity index (χ0) is 10.7.